The zero-order valence-corrected chi connectivity index (χ0v) is 12.5. The number of aromatic amines is 1. The monoisotopic (exact) mass is 281 g/mol. The standard InChI is InChI=1S/C13H20ClN5/c1-7(2)9(8(3)4)5-15-11-10-6-16-19-12(10)18-13(14)17-11/h6-9H,5H2,1-4H3,(H2,15,16,17,18,19). The number of aromatic nitrogens is 4. The molecular formula is C13H20ClN5. The summed E-state index contributed by atoms with van der Waals surface area (Å²) in [5.41, 5.74) is 0.660. The molecule has 2 aromatic heterocycles. The average molecular weight is 282 g/mol. The molecule has 2 aromatic rings. The number of nitrogens with zero attached hydrogens (tertiary/aromatic N) is 3. The van der Waals surface area contributed by atoms with Crippen LogP contribution in [0.4, 0.5) is 5.82 Å². The largest absolute Gasteiger partial charge is 0.369 e. The second kappa shape index (κ2) is 5.74. The summed E-state index contributed by atoms with van der Waals surface area (Å²) in [6.45, 7) is 9.84. The zero-order chi connectivity index (χ0) is 14.0. The van der Waals surface area contributed by atoms with E-state index in [1.54, 1.807) is 6.20 Å². The molecule has 0 aliphatic rings. The first-order chi connectivity index (χ1) is 8.99. The Morgan fingerprint density at radius 1 is 1.21 bits per heavy atom. The fourth-order valence-electron chi connectivity index (χ4n) is 2.40. The summed E-state index contributed by atoms with van der Waals surface area (Å²) in [6, 6.07) is 0. The Bertz CT molecular complexity index is 541. The average Bonchev–Trinajstić information content (AvgIpc) is 2.75. The van der Waals surface area contributed by atoms with Crippen molar-refractivity contribution in [1.29, 1.82) is 0 Å². The van der Waals surface area contributed by atoms with Crippen molar-refractivity contribution in [3.05, 3.63) is 11.5 Å². The van der Waals surface area contributed by atoms with Crippen LogP contribution in [0.2, 0.25) is 5.28 Å². The number of rotatable bonds is 5. The van der Waals surface area contributed by atoms with Gasteiger partial charge >= 0.3 is 0 Å². The Hall–Kier alpha value is -1.36. The van der Waals surface area contributed by atoms with Crippen molar-refractivity contribution in [2.45, 2.75) is 27.7 Å². The molecule has 0 radical (unpaired) electrons. The lowest BCUT2D eigenvalue weighted by Crippen LogP contribution is -2.25. The molecule has 0 amide bonds. The van der Waals surface area contributed by atoms with Gasteiger partial charge in [-0.05, 0) is 29.4 Å². The Morgan fingerprint density at radius 2 is 1.89 bits per heavy atom. The van der Waals surface area contributed by atoms with Crippen LogP contribution >= 0.6 is 11.6 Å². The van der Waals surface area contributed by atoms with Gasteiger partial charge in [0, 0.05) is 6.54 Å². The van der Waals surface area contributed by atoms with Crippen LogP contribution in [0.3, 0.4) is 0 Å². The third-order valence-electron chi connectivity index (χ3n) is 3.50. The predicted molar refractivity (Wildman–Crippen MR) is 78.3 cm³/mol. The van der Waals surface area contributed by atoms with Crippen molar-refractivity contribution in [1.82, 2.24) is 20.2 Å². The molecule has 0 atom stereocenters. The number of nitrogens with one attached hydrogen (secondary N) is 2. The highest BCUT2D eigenvalue weighted by atomic mass is 35.5. The molecule has 2 N–H and O–H groups in total. The molecule has 0 unspecified atom stereocenters. The van der Waals surface area contributed by atoms with Gasteiger partial charge in [0.25, 0.3) is 0 Å². The lowest BCUT2D eigenvalue weighted by molar-refractivity contribution is 0.304. The van der Waals surface area contributed by atoms with Gasteiger partial charge in [-0.2, -0.15) is 15.1 Å². The summed E-state index contributed by atoms with van der Waals surface area (Å²) < 4.78 is 0. The van der Waals surface area contributed by atoms with Gasteiger partial charge in [-0.3, -0.25) is 5.10 Å². The summed E-state index contributed by atoms with van der Waals surface area (Å²) in [5.74, 6) is 2.56. The first-order valence-electron chi connectivity index (χ1n) is 6.59. The van der Waals surface area contributed by atoms with Crippen LogP contribution in [-0.4, -0.2) is 26.7 Å². The van der Waals surface area contributed by atoms with Crippen LogP contribution in [0.25, 0.3) is 11.0 Å². The van der Waals surface area contributed by atoms with Crippen molar-refractivity contribution in [3.8, 4) is 0 Å². The second-order valence-corrected chi connectivity index (χ2v) is 5.84. The van der Waals surface area contributed by atoms with E-state index in [0.717, 1.165) is 17.7 Å². The number of hydrogen-bond donors (Lipinski definition) is 2. The van der Waals surface area contributed by atoms with Gasteiger partial charge in [-0.1, -0.05) is 27.7 Å². The van der Waals surface area contributed by atoms with Crippen molar-refractivity contribution in [2.24, 2.45) is 17.8 Å². The molecule has 0 saturated heterocycles. The fourth-order valence-corrected chi connectivity index (χ4v) is 2.57. The fraction of sp³-hybridized carbons (Fsp3) is 0.615. The molecule has 5 nitrogen and oxygen atoms in total. The number of hydrogen-bond acceptors (Lipinski definition) is 4. The second-order valence-electron chi connectivity index (χ2n) is 5.51. The lowest BCUT2D eigenvalue weighted by atomic mass is 9.85. The molecule has 2 heterocycles. The van der Waals surface area contributed by atoms with Crippen LogP contribution < -0.4 is 5.32 Å². The third kappa shape index (κ3) is 3.15. The maximum absolute atomic E-state index is 5.91. The normalized spacial score (nSPS) is 12.0. The highest BCUT2D eigenvalue weighted by Crippen LogP contribution is 2.24. The van der Waals surface area contributed by atoms with E-state index in [0.29, 0.717) is 23.4 Å². The molecule has 0 fully saturated rings. The highest BCUT2D eigenvalue weighted by Gasteiger charge is 2.18. The van der Waals surface area contributed by atoms with E-state index in [2.05, 4.69) is 53.2 Å². The van der Waals surface area contributed by atoms with Crippen LogP contribution in [0.1, 0.15) is 27.7 Å². The maximum Gasteiger partial charge on any atom is 0.226 e. The van der Waals surface area contributed by atoms with Crippen molar-refractivity contribution in [3.63, 3.8) is 0 Å². The molecule has 0 aromatic carbocycles. The Labute approximate surface area is 118 Å². The van der Waals surface area contributed by atoms with Crippen LogP contribution in [0.5, 0.6) is 0 Å². The van der Waals surface area contributed by atoms with E-state index >= 15 is 0 Å². The van der Waals surface area contributed by atoms with Crippen molar-refractivity contribution < 1.29 is 0 Å². The molecule has 104 valence electrons. The van der Waals surface area contributed by atoms with Crippen LogP contribution in [0, 0.1) is 17.8 Å². The Balaban J connectivity index is 2.19. The molecule has 2 rings (SSSR count). The van der Waals surface area contributed by atoms with E-state index in [4.69, 9.17) is 11.6 Å². The highest BCUT2D eigenvalue weighted by molar-refractivity contribution is 6.28. The molecule has 0 saturated carbocycles. The molecule has 0 spiro atoms. The summed E-state index contributed by atoms with van der Waals surface area (Å²) in [4.78, 5) is 8.34. The number of halogens is 1. The minimum Gasteiger partial charge on any atom is -0.369 e. The SMILES string of the molecule is CC(C)C(CNc1nc(Cl)nc2[nH]ncc12)C(C)C. The predicted octanol–water partition coefficient (Wildman–Crippen LogP) is 3.35. The lowest BCUT2D eigenvalue weighted by Gasteiger charge is -2.25. The summed E-state index contributed by atoms with van der Waals surface area (Å²) in [5, 5.41) is 11.3. The van der Waals surface area contributed by atoms with E-state index in [1.165, 1.54) is 0 Å². The molecule has 0 bridgehead atoms. The Kier molecular flexibility index (Phi) is 4.24. The molecule has 6 heteroatoms. The van der Waals surface area contributed by atoms with E-state index in [1.807, 2.05) is 0 Å². The van der Waals surface area contributed by atoms with Gasteiger partial charge in [0.15, 0.2) is 5.65 Å². The van der Waals surface area contributed by atoms with Gasteiger partial charge < -0.3 is 5.32 Å². The van der Waals surface area contributed by atoms with Gasteiger partial charge in [0.2, 0.25) is 5.28 Å². The third-order valence-corrected chi connectivity index (χ3v) is 3.67. The van der Waals surface area contributed by atoms with Gasteiger partial charge in [0.1, 0.15) is 5.82 Å². The van der Waals surface area contributed by atoms with E-state index in [9.17, 15) is 0 Å². The minimum atomic E-state index is 0.227. The van der Waals surface area contributed by atoms with Crippen LogP contribution in [-0.2, 0) is 0 Å². The molecular weight excluding hydrogens is 262 g/mol. The van der Waals surface area contributed by atoms with E-state index < -0.39 is 0 Å². The summed E-state index contributed by atoms with van der Waals surface area (Å²) in [7, 11) is 0. The van der Waals surface area contributed by atoms with Gasteiger partial charge in [-0.25, -0.2) is 0 Å². The van der Waals surface area contributed by atoms with Crippen LogP contribution in [0.15, 0.2) is 6.20 Å². The summed E-state index contributed by atoms with van der Waals surface area (Å²) in [6.07, 6.45) is 1.72. The first kappa shape index (κ1) is 14.1. The van der Waals surface area contributed by atoms with Crippen molar-refractivity contribution in [2.75, 3.05) is 11.9 Å². The van der Waals surface area contributed by atoms with E-state index in [-0.39, 0.29) is 5.28 Å². The van der Waals surface area contributed by atoms with Gasteiger partial charge in [-0.15, -0.1) is 0 Å². The quantitative estimate of drug-likeness (QED) is 0.825. The zero-order valence-electron chi connectivity index (χ0n) is 11.7. The number of fused-ring (bicyclic) bond motifs is 1. The van der Waals surface area contributed by atoms with Crippen molar-refractivity contribution >= 4 is 28.5 Å². The van der Waals surface area contributed by atoms with Gasteiger partial charge in [0.05, 0.1) is 11.6 Å². The summed E-state index contributed by atoms with van der Waals surface area (Å²) >= 11 is 5.91. The maximum atomic E-state index is 5.91. The number of H-pyrrole nitrogens is 1. The Morgan fingerprint density at radius 3 is 2.53 bits per heavy atom. The minimum absolute atomic E-state index is 0.227. The molecule has 0 aliphatic heterocycles. The number of anilines is 1. The molecule has 0 aliphatic carbocycles. The first-order valence-corrected chi connectivity index (χ1v) is 6.97. The topological polar surface area (TPSA) is 66.5 Å². The molecule has 19 heavy (non-hydrogen) atoms. The smallest absolute Gasteiger partial charge is 0.226 e.